The fourth-order valence-corrected chi connectivity index (χ4v) is 4.07. The average Bonchev–Trinajstić information content (AvgIpc) is 3.20. The van der Waals surface area contributed by atoms with Gasteiger partial charge in [-0.3, -0.25) is 9.59 Å². The lowest BCUT2D eigenvalue weighted by atomic mass is 10.0. The number of aliphatic carboxylic acids is 1. The molecule has 2 rings (SSSR count). The van der Waals surface area contributed by atoms with E-state index in [1.165, 1.54) is 22.7 Å². The number of nitrogens with one attached hydrogen (secondary N) is 2. The fourth-order valence-electron chi connectivity index (χ4n) is 2.29. The van der Waals surface area contributed by atoms with Gasteiger partial charge in [0.1, 0.15) is 15.9 Å². The Labute approximate surface area is 159 Å². The summed E-state index contributed by atoms with van der Waals surface area (Å²) < 4.78 is 0. The molecule has 0 unspecified atom stereocenters. The number of aryl methyl sites for hydroxylation is 1. The summed E-state index contributed by atoms with van der Waals surface area (Å²) in [5, 5.41) is 16.8. The molecule has 0 aliphatic heterocycles. The van der Waals surface area contributed by atoms with E-state index in [1.54, 1.807) is 6.92 Å². The molecule has 26 heavy (non-hydrogen) atoms. The van der Waals surface area contributed by atoms with Crippen molar-refractivity contribution in [3.63, 3.8) is 0 Å². The Morgan fingerprint density at radius 1 is 1.31 bits per heavy atom. The lowest BCUT2D eigenvalue weighted by Crippen LogP contribution is -2.46. The van der Waals surface area contributed by atoms with Crippen LogP contribution in [-0.4, -0.2) is 40.5 Å². The zero-order valence-corrected chi connectivity index (χ0v) is 16.4. The number of thiazole rings is 1. The van der Waals surface area contributed by atoms with Crippen LogP contribution in [0.1, 0.15) is 35.6 Å². The minimum absolute atomic E-state index is 0.126. The topological polar surface area (TPSA) is 108 Å². The van der Waals surface area contributed by atoms with E-state index in [4.69, 9.17) is 5.11 Å². The number of thiophene rings is 1. The summed E-state index contributed by atoms with van der Waals surface area (Å²) in [4.78, 5) is 41.3. The van der Waals surface area contributed by atoms with Crippen LogP contribution in [0, 0.1) is 12.8 Å². The summed E-state index contributed by atoms with van der Waals surface area (Å²) in [5.41, 5.74) is 0.597. The predicted octanol–water partition coefficient (Wildman–Crippen LogP) is 2.53. The molecule has 7 nitrogen and oxygen atoms in total. The quantitative estimate of drug-likeness (QED) is 0.636. The molecule has 0 aliphatic rings. The van der Waals surface area contributed by atoms with Gasteiger partial charge in [0.2, 0.25) is 5.91 Å². The summed E-state index contributed by atoms with van der Waals surface area (Å²) >= 11 is 2.80. The molecule has 0 aromatic carbocycles. The summed E-state index contributed by atoms with van der Waals surface area (Å²) in [6.45, 7) is 5.21. The van der Waals surface area contributed by atoms with E-state index in [2.05, 4.69) is 15.6 Å². The highest BCUT2D eigenvalue weighted by molar-refractivity contribution is 7.22. The van der Waals surface area contributed by atoms with Crippen LogP contribution in [-0.2, 0) is 9.59 Å². The van der Waals surface area contributed by atoms with Crippen LogP contribution in [0.15, 0.2) is 17.5 Å². The van der Waals surface area contributed by atoms with Gasteiger partial charge in [-0.15, -0.1) is 22.7 Å². The van der Waals surface area contributed by atoms with Crippen LogP contribution in [0.2, 0.25) is 0 Å². The van der Waals surface area contributed by atoms with Crippen molar-refractivity contribution in [2.45, 2.75) is 33.2 Å². The molecule has 3 N–H and O–H groups in total. The summed E-state index contributed by atoms with van der Waals surface area (Å²) in [5.74, 6) is -1.89. The van der Waals surface area contributed by atoms with Crippen LogP contribution < -0.4 is 10.6 Å². The molecular weight excluding hydrogens is 374 g/mol. The van der Waals surface area contributed by atoms with E-state index in [0.717, 1.165) is 9.88 Å². The molecule has 140 valence electrons. The van der Waals surface area contributed by atoms with Gasteiger partial charge in [0, 0.05) is 0 Å². The third-order valence-electron chi connectivity index (χ3n) is 3.48. The highest BCUT2D eigenvalue weighted by atomic mass is 32.1. The lowest BCUT2D eigenvalue weighted by molar-refractivity contribution is -0.142. The second kappa shape index (κ2) is 8.91. The molecule has 0 bridgehead atoms. The third-order valence-corrected chi connectivity index (χ3v) is 5.68. The number of carbonyl (C=O) groups is 3. The molecule has 0 saturated heterocycles. The Morgan fingerprint density at radius 2 is 2.04 bits per heavy atom. The Morgan fingerprint density at radius 3 is 2.62 bits per heavy atom. The minimum Gasteiger partial charge on any atom is -0.480 e. The van der Waals surface area contributed by atoms with E-state index in [0.29, 0.717) is 17.0 Å². The van der Waals surface area contributed by atoms with Crippen LogP contribution in [0.5, 0.6) is 0 Å². The van der Waals surface area contributed by atoms with Gasteiger partial charge < -0.3 is 15.7 Å². The smallest absolute Gasteiger partial charge is 0.326 e. The van der Waals surface area contributed by atoms with Gasteiger partial charge in [0.05, 0.1) is 17.1 Å². The normalized spacial score (nSPS) is 12.0. The zero-order valence-electron chi connectivity index (χ0n) is 14.7. The largest absolute Gasteiger partial charge is 0.480 e. The molecular formula is C17H21N3O4S2. The van der Waals surface area contributed by atoms with Gasteiger partial charge in [0.25, 0.3) is 5.91 Å². The number of hydrogen-bond donors (Lipinski definition) is 3. The lowest BCUT2D eigenvalue weighted by Gasteiger charge is -2.16. The average molecular weight is 396 g/mol. The van der Waals surface area contributed by atoms with Crippen molar-refractivity contribution in [3.8, 4) is 9.88 Å². The van der Waals surface area contributed by atoms with E-state index < -0.39 is 23.8 Å². The number of amides is 2. The van der Waals surface area contributed by atoms with Crippen molar-refractivity contribution in [2.24, 2.45) is 5.92 Å². The van der Waals surface area contributed by atoms with E-state index in [-0.39, 0.29) is 12.5 Å². The van der Waals surface area contributed by atoms with Crippen molar-refractivity contribution < 1.29 is 19.5 Å². The van der Waals surface area contributed by atoms with Crippen LogP contribution in [0.4, 0.5) is 0 Å². The summed E-state index contributed by atoms with van der Waals surface area (Å²) in [6.07, 6.45) is 0.327. The summed E-state index contributed by atoms with van der Waals surface area (Å²) in [6, 6.07) is 2.88. The number of carbonyl (C=O) groups excluding carboxylic acids is 2. The molecule has 0 fully saturated rings. The number of rotatable bonds is 8. The van der Waals surface area contributed by atoms with Crippen molar-refractivity contribution in [1.82, 2.24) is 15.6 Å². The highest BCUT2D eigenvalue weighted by Crippen LogP contribution is 2.30. The van der Waals surface area contributed by atoms with Gasteiger partial charge in [-0.25, -0.2) is 9.78 Å². The Kier molecular flexibility index (Phi) is 6.87. The van der Waals surface area contributed by atoms with Gasteiger partial charge in [-0.05, 0) is 30.7 Å². The monoisotopic (exact) mass is 395 g/mol. The van der Waals surface area contributed by atoms with Gasteiger partial charge in [-0.1, -0.05) is 19.9 Å². The highest BCUT2D eigenvalue weighted by Gasteiger charge is 2.22. The van der Waals surface area contributed by atoms with Gasteiger partial charge in [0.15, 0.2) is 0 Å². The molecule has 9 heteroatoms. The van der Waals surface area contributed by atoms with Crippen LogP contribution in [0.25, 0.3) is 9.88 Å². The minimum atomic E-state index is -1.09. The molecule has 2 heterocycles. The number of hydrogen-bond acceptors (Lipinski definition) is 6. The van der Waals surface area contributed by atoms with E-state index >= 15 is 0 Å². The van der Waals surface area contributed by atoms with Gasteiger partial charge >= 0.3 is 5.97 Å². The summed E-state index contributed by atoms with van der Waals surface area (Å²) in [7, 11) is 0. The first-order chi connectivity index (χ1) is 12.3. The van der Waals surface area contributed by atoms with Crippen LogP contribution in [0.3, 0.4) is 0 Å². The number of carboxylic acids is 1. The van der Waals surface area contributed by atoms with Crippen molar-refractivity contribution in [2.75, 3.05) is 6.54 Å². The molecule has 0 saturated carbocycles. The first kappa shape index (κ1) is 20.1. The van der Waals surface area contributed by atoms with Crippen molar-refractivity contribution in [1.29, 1.82) is 0 Å². The molecule has 2 amide bonds. The number of nitrogens with zero attached hydrogens (tertiary/aromatic N) is 1. The molecule has 0 radical (unpaired) electrons. The Bertz CT molecular complexity index is 784. The maximum atomic E-state index is 12.3. The molecule has 2 aromatic heterocycles. The maximum absolute atomic E-state index is 12.3. The van der Waals surface area contributed by atoms with Crippen molar-refractivity contribution in [3.05, 3.63) is 28.1 Å². The SMILES string of the molecule is Cc1nc(-c2cccs2)sc1C(=O)NCC(=O)N[C@@H](CC(C)C)C(=O)O. The molecule has 2 aromatic rings. The van der Waals surface area contributed by atoms with E-state index in [9.17, 15) is 14.4 Å². The second-order valence-corrected chi connectivity index (χ2v) is 8.13. The standard InChI is InChI=1S/C17H21N3O4S2/c1-9(2)7-11(17(23)24)20-13(21)8-18-15(22)14-10(3)19-16(26-14)12-5-4-6-25-12/h4-6,9,11H,7-8H2,1-3H3,(H,18,22)(H,20,21)(H,23,24)/t11-/m0/s1. The molecule has 0 spiro atoms. The second-order valence-electron chi connectivity index (χ2n) is 6.18. The third kappa shape index (κ3) is 5.37. The molecule has 0 aliphatic carbocycles. The fraction of sp³-hybridized carbons (Fsp3) is 0.412. The Hall–Kier alpha value is -2.26. The maximum Gasteiger partial charge on any atom is 0.326 e. The van der Waals surface area contributed by atoms with Crippen molar-refractivity contribution >= 4 is 40.5 Å². The van der Waals surface area contributed by atoms with E-state index in [1.807, 2.05) is 31.4 Å². The predicted molar refractivity (Wildman–Crippen MR) is 102 cm³/mol. The molecule has 1 atom stereocenters. The van der Waals surface area contributed by atoms with Gasteiger partial charge in [-0.2, -0.15) is 0 Å². The first-order valence-corrected chi connectivity index (χ1v) is 9.79. The zero-order chi connectivity index (χ0) is 19.3. The number of carboxylic acid groups (broad SMARTS) is 1. The van der Waals surface area contributed by atoms with Crippen LogP contribution >= 0.6 is 22.7 Å². The Balaban J connectivity index is 1.94. The first-order valence-electron chi connectivity index (χ1n) is 8.09. The number of aromatic nitrogens is 1.